The highest BCUT2D eigenvalue weighted by Gasteiger charge is 2.16. The zero-order valence-corrected chi connectivity index (χ0v) is 12.4. The fraction of sp³-hybridized carbons (Fsp3) is 0.286. The van der Waals surface area contributed by atoms with E-state index in [0.29, 0.717) is 0 Å². The van der Waals surface area contributed by atoms with E-state index in [9.17, 15) is 0 Å². The Balaban J connectivity index is 1.67. The normalized spacial score (nSPS) is 18.8. The van der Waals surface area contributed by atoms with Crippen molar-refractivity contribution in [1.82, 2.24) is 15.3 Å². The van der Waals surface area contributed by atoms with Crippen molar-refractivity contribution in [3.05, 3.63) is 46.8 Å². The second-order valence-electron chi connectivity index (χ2n) is 4.52. The number of halogens is 1. The molecule has 1 atom stereocenters. The van der Waals surface area contributed by atoms with Crippen LogP contribution in [0.5, 0.6) is 0 Å². The third kappa shape index (κ3) is 3.33. The van der Waals surface area contributed by atoms with Crippen LogP contribution < -0.4 is 10.6 Å². The number of ether oxygens (including phenoxy) is 1. The van der Waals surface area contributed by atoms with Gasteiger partial charge in [0.15, 0.2) is 0 Å². The number of rotatable bonds is 3. The Morgan fingerprint density at radius 1 is 1.20 bits per heavy atom. The molecule has 20 heavy (non-hydrogen) atoms. The van der Waals surface area contributed by atoms with Crippen LogP contribution in [0.3, 0.4) is 0 Å². The first-order chi connectivity index (χ1) is 9.81. The van der Waals surface area contributed by atoms with Crippen LogP contribution in [-0.4, -0.2) is 29.7 Å². The van der Waals surface area contributed by atoms with Crippen molar-refractivity contribution >= 4 is 27.4 Å². The molecule has 2 N–H and O–H groups in total. The summed E-state index contributed by atoms with van der Waals surface area (Å²) in [4.78, 5) is 8.72. The fourth-order valence-corrected chi connectivity index (χ4v) is 2.26. The molecule has 2 aromatic rings. The number of hydrogen-bond acceptors (Lipinski definition) is 5. The van der Waals surface area contributed by atoms with E-state index < -0.39 is 0 Å². The third-order valence-electron chi connectivity index (χ3n) is 3.04. The zero-order chi connectivity index (χ0) is 13.8. The van der Waals surface area contributed by atoms with Crippen molar-refractivity contribution in [3.63, 3.8) is 0 Å². The minimum atomic E-state index is 0.0450. The lowest BCUT2D eigenvalue weighted by atomic mass is 10.2. The minimum absolute atomic E-state index is 0.0450. The topological polar surface area (TPSA) is 59.1 Å². The van der Waals surface area contributed by atoms with Gasteiger partial charge >= 0.3 is 0 Å². The largest absolute Gasteiger partial charge is 0.369 e. The summed E-state index contributed by atoms with van der Waals surface area (Å²) >= 11 is 3.36. The molecule has 0 saturated carbocycles. The summed E-state index contributed by atoms with van der Waals surface area (Å²) in [6.45, 7) is 2.45. The van der Waals surface area contributed by atoms with Crippen molar-refractivity contribution in [2.45, 2.75) is 6.10 Å². The molecule has 0 radical (unpaired) electrons. The van der Waals surface area contributed by atoms with Crippen LogP contribution in [0.15, 0.2) is 41.1 Å². The van der Waals surface area contributed by atoms with Crippen LogP contribution in [0.1, 0.15) is 11.8 Å². The van der Waals surface area contributed by atoms with Gasteiger partial charge in [-0.15, -0.1) is 0 Å². The van der Waals surface area contributed by atoms with Gasteiger partial charge in [0.05, 0.1) is 24.2 Å². The van der Waals surface area contributed by atoms with E-state index >= 15 is 0 Å². The summed E-state index contributed by atoms with van der Waals surface area (Å²) in [5, 5.41) is 6.51. The molecule has 104 valence electrons. The Morgan fingerprint density at radius 2 is 2.15 bits per heavy atom. The molecule has 1 aliphatic heterocycles. The Morgan fingerprint density at radius 3 is 2.80 bits per heavy atom. The molecule has 1 saturated heterocycles. The number of hydrogen-bond donors (Lipinski definition) is 2. The Bertz CT molecular complexity index is 552. The van der Waals surface area contributed by atoms with E-state index in [1.165, 1.54) is 0 Å². The van der Waals surface area contributed by atoms with Crippen LogP contribution in [-0.2, 0) is 4.74 Å². The molecule has 1 fully saturated rings. The van der Waals surface area contributed by atoms with E-state index in [-0.39, 0.29) is 6.10 Å². The minimum Gasteiger partial charge on any atom is -0.369 e. The van der Waals surface area contributed by atoms with Gasteiger partial charge in [-0.2, -0.15) is 0 Å². The van der Waals surface area contributed by atoms with Gasteiger partial charge in [-0.1, -0.05) is 0 Å². The van der Waals surface area contributed by atoms with Crippen LogP contribution in [0.4, 0.5) is 11.5 Å². The van der Waals surface area contributed by atoms with Gasteiger partial charge in [-0.25, -0.2) is 4.98 Å². The SMILES string of the molecule is Brc1ccc(Nc2ccc(C3CNCCO3)nc2)nc1. The average Bonchev–Trinajstić information content (AvgIpc) is 2.51. The molecule has 6 heteroatoms. The molecule has 1 unspecified atom stereocenters. The van der Waals surface area contributed by atoms with Crippen molar-refractivity contribution in [1.29, 1.82) is 0 Å². The molecule has 1 aliphatic rings. The van der Waals surface area contributed by atoms with Crippen molar-refractivity contribution < 1.29 is 4.74 Å². The summed E-state index contributed by atoms with van der Waals surface area (Å²) < 4.78 is 6.63. The molecular formula is C14H15BrN4O. The number of pyridine rings is 2. The number of anilines is 2. The first-order valence-electron chi connectivity index (χ1n) is 6.48. The second-order valence-corrected chi connectivity index (χ2v) is 5.44. The van der Waals surface area contributed by atoms with Crippen molar-refractivity contribution in [3.8, 4) is 0 Å². The molecule has 0 spiro atoms. The quantitative estimate of drug-likeness (QED) is 0.903. The molecule has 0 amide bonds. The van der Waals surface area contributed by atoms with E-state index in [2.05, 4.69) is 36.5 Å². The van der Waals surface area contributed by atoms with Crippen molar-refractivity contribution in [2.24, 2.45) is 0 Å². The smallest absolute Gasteiger partial charge is 0.130 e. The Labute approximate surface area is 125 Å². The lowest BCUT2D eigenvalue weighted by molar-refractivity contribution is 0.0250. The Kier molecular flexibility index (Phi) is 4.25. The number of nitrogens with one attached hydrogen (secondary N) is 2. The van der Waals surface area contributed by atoms with E-state index in [1.807, 2.05) is 24.3 Å². The van der Waals surface area contributed by atoms with Gasteiger partial charge in [0.25, 0.3) is 0 Å². The number of morpholine rings is 1. The summed E-state index contributed by atoms with van der Waals surface area (Å²) in [5.41, 5.74) is 1.86. The highest BCUT2D eigenvalue weighted by atomic mass is 79.9. The van der Waals surface area contributed by atoms with Gasteiger partial charge in [-0.05, 0) is 40.2 Å². The molecule has 2 aromatic heterocycles. The second kappa shape index (κ2) is 6.30. The molecule has 3 rings (SSSR count). The predicted octanol–water partition coefficient (Wildman–Crippen LogP) is 2.64. The molecule has 0 aromatic carbocycles. The lowest BCUT2D eigenvalue weighted by Crippen LogP contribution is -2.33. The maximum absolute atomic E-state index is 5.67. The van der Waals surface area contributed by atoms with E-state index in [4.69, 9.17) is 4.74 Å². The highest BCUT2D eigenvalue weighted by Crippen LogP contribution is 2.20. The molecule has 3 heterocycles. The van der Waals surface area contributed by atoms with Crippen LogP contribution >= 0.6 is 15.9 Å². The number of aromatic nitrogens is 2. The lowest BCUT2D eigenvalue weighted by Gasteiger charge is -2.23. The average molecular weight is 335 g/mol. The monoisotopic (exact) mass is 334 g/mol. The Hall–Kier alpha value is -1.50. The zero-order valence-electron chi connectivity index (χ0n) is 10.8. The molecule has 0 aliphatic carbocycles. The van der Waals surface area contributed by atoms with Crippen LogP contribution in [0, 0.1) is 0 Å². The fourth-order valence-electron chi connectivity index (χ4n) is 2.02. The first kappa shape index (κ1) is 13.5. The maximum Gasteiger partial charge on any atom is 0.130 e. The van der Waals surface area contributed by atoms with Gasteiger partial charge in [-0.3, -0.25) is 4.98 Å². The van der Waals surface area contributed by atoms with Crippen LogP contribution in [0.2, 0.25) is 0 Å². The number of nitrogens with zero attached hydrogens (tertiary/aromatic N) is 2. The van der Waals surface area contributed by atoms with Crippen molar-refractivity contribution in [2.75, 3.05) is 25.0 Å². The summed E-state index contributed by atoms with van der Waals surface area (Å²) in [7, 11) is 0. The van der Waals surface area contributed by atoms with Crippen LogP contribution in [0.25, 0.3) is 0 Å². The van der Waals surface area contributed by atoms with E-state index in [0.717, 1.165) is 41.4 Å². The van der Waals surface area contributed by atoms with Gasteiger partial charge in [0.2, 0.25) is 0 Å². The highest BCUT2D eigenvalue weighted by molar-refractivity contribution is 9.10. The standard InChI is InChI=1S/C14H15BrN4O/c15-10-1-4-14(18-7-10)19-11-2-3-12(17-8-11)13-9-16-5-6-20-13/h1-4,7-8,13,16H,5-6,9H2,(H,18,19). The van der Waals surface area contributed by atoms with Gasteiger partial charge in [0, 0.05) is 23.8 Å². The van der Waals surface area contributed by atoms with E-state index in [1.54, 1.807) is 12.4 Å². The first-order valence-corrected chi connectivity index (χ1v) is 7.27. The maximum atomic E-state index is 5.67. The van der Waals surface area contributed by atoms with Gasteiger partial charge in [0.1, 0.15) is 11.9 Å². The summed E-state index contributed by atoms with van der Waals surface area (Å²) in [6, 6.07) is 7.83. The molecular weight excluding hydrogens is 320 g/mol. The molecule has 0 bridgehead atoms. The third-order valence-corrected chi connectivity index (χ3v) is 3.51. The predicted molar refractivity (Wildman–Crippen MR) is 81.0 cm³/mol. The molecule has 5 nitrogen and oxygen atoms in total. The summed E-state index contributed by atoms with van der Waals surface area (Å²) in [5.74, 6) is 0.790. The summed E-state index contributed by atoms with van der Waals surface area (Å²) in [6.07, 6.45) is 3.60. The van der Waals surface area contributed by atoms with Gasteiger partial charge < -0.3 is 15.4 Å².